The van der Waals surface area contributed by atoms with Gasteiger partial charge in [-0.05, 0) is 61.9 Å². The van der Waals surface area contributed by atoms with E-state index in [1.165, 1.54) is 11.3 Å². The molecule has 0 fully saturated rings. The Bertz CT molecular complexity index is 1050. The summed E-state index contributed by atoms with van der Waals surface area (Å²) in [6.07, 6.45) is 1.59. The van der Waals surface area contributed by atoms with Gasteiger partial charge >= 0.3 is 5.97 Å². The Labute approximate surface area is 172 Å². The highest BCUT2D eigenvalue weighted by Gasteiger charge is 2.20. The smallest absolute Gasteiger partial charge is 0.349 e. The number of aliphatic hydroxyl groups excluding tert-OH is 1. The largest absolute Gasteiger partial charge is 0.456 e. The molecule has 2 heterocycles. The third kappa shape index (κ3) is 4.53. The van der Waals surface area contributed by atoms with E-state index >= 15 is 0 Å². The summed E-state index contributed by atoms with van der Waals surface area (Å²) in [7, 11) is 1.96. The number of anilines is 1. The molecule has 0 unspecified atom stereocenters. The molecule has 0 amide bonds. The highest BCUT2D eigenvalue weighted by molar-refractivity contribution is 7.23. The number of benzene rings is 1. The van der Waals surface area contributed by atoms with Crippen molar-refractivity contribution in [2.24, 2.45) is 0 Å². The molecule has 0 aliphatic carbocycles. The Morgan fingerprint density at radius 3 is 2.46 bits per heavy atom. The van der Waals surface area contributed by atoms with E-state index in [2.05, 4.69) is 18.2 Å². The van der Waals surface area contributed by atoms with Gasteiger partial charge in [-0.3, -0.25) is 0 Å². The summed E-state index contributed by atoms with van der Waals surface area (Å²) >= 11 is 3.21. The van der Waals surface area contributed by atoms with Gasteiger partial charge in [0.25, 0.3) is 0 Å². The maximum atomic E-state index is 12.2. The number of carbonyl (C=O) groups is 1. The number of nitriles is 1. The molecule has 0 saturated heterocycles. The second kappa shape index (κ2) is 7.92. The molecule has 0 aliphatic heterocycles. The summed E-state index contributed by atoms with van der Waals surface area (Å²) in [6.45, 7) is 6.04. The number of ether oxygens (including phenoxy) is 1. The zero-order valence-electron chi connectivity index (χ0n) is 16.3. The van der Waals surface area contributed by atoms with Gasteiger partial charge in [0.15, 0.2) is 0 Å². The van der Waals surface area contributed by atoms with E-state index in [9.17, 15) is 10.1 Å². The number of hydrogen-bond donors (Lipinski definition) is 1. The Balaban J connectivity index is 1.94. The molecule has 0 atom stereocenters. The van der Waals surface area contributed by atoms with Crippen LogP contribution in [0.25, 0.3) is 26.2 Å². The minimum Gasteiger partial charge on any atom is -0.456 e. The van der Waals surface area contributed by atoms with E-state index in [0.717, 1.165) is 30.1 Å². The van der Waals surface area contributed by atoms with Crippen LogP contribution in [-0.4, -0.2) is 36.9 Å². The zero-order chi connectivity index (χ0) is 20.5. The standard InChI is InChI=1S/C21H22N2O3S2/c1-21(2,3)26-20(25)15(12-22)8-16-7-13-9-18-14(10-17(13)27-16)11-19(28-18)23(4)5-6-24/h7-11,24H,5-6H2,1-4H3/b15-8+. The predicted molar refractivity (Wildman–Crippen MR) is 117 cm³/mol. The Hall–Kier alpha value is -2.40. The summed E-state index contributed by atoms with van der Waals surface area (Å²) in [6, 6.07) is 10.3. The summed E-state index contributed by atoms with van der Waals surface area (Å²) in [4.78, 5) is 15.1. The second-order valence-corrected chi connectivity index (χ2v) is 9.66. The molecule has 5 nitrogen and oxygen atoms in total. The third-order valence-corrected chi connectivity index (χ3v) is 6.26. The topological polar surface area (TPSA) is 73.6 Å². The van der Waals surface area contributed by atoms with Crippen molar-refractivity contribution in [3.8, 4) is 6.07 Å². The van der Waals surface area contributed by atoms with Crippen molar-refractivity contribution in [2.75, 3.05) is 25.1 Å². The lowest BCUT2D eigenvalue weighted by molar-refractivity contribution is -0.149. The SMILES string of the molecule is CN(CCO)c1cc2cc3sc(/C=C(\C#N)C(=O)OC(C)(C)C)cc3cc2s1. The molecule has 28 heavy (non-hydrogen) atoms. The van der Waals surface area contributed by atoms with Crippen LogP contribution >= 0.6 is 22.7 Å². The quantitative estimate of drug-likeness (QED) is 0.369. The van der Waals surface area contributed by atoms with Gasteiger partial charge in [-0.1, -0.05) is 0 Å². The van der Waals surface area contributed by atoms with Gasteiger partial charge in [0, 0.05) is 27.9 Å². The van der Waals surface area contributed by atoms with Gasteiger partial charge in [-0.2, -0.15) is 5.26 Å². The lowest BCUT2D eigenvalue weighted by Crippen LogP contribution is -2.24. The van der Waals surface area contributed by atoms with Crippen LogP contribution in [0.15, 0.2) is 29.8 Å². The first-order valence-corrected chi connectivity index (χ1v) is 10.5. The van der Waals surface area contributed by atoms with Gasteiger partial charge in [0.05, 0.1) is 11.6 Å². The predicted octanol–water partition coefficient (Wildman–Crippen LogP) is 4.79. The van der Waals surface area contributed by atoms with Crippen LogP contribution in [0.4, 0.5) is 5.00 Å². The molecule has 0 aliphatic rings. The number of rotatable bonds is 5. The second-order valence-electron chi connectivity index (χ2n) is 7.48. The maximum absolute atomic E-state index is 12.2. The minimum atomic E-state index is -0.640. The van der Waals surface area contributed by atoms with Crippen LogP contribution in [0.1, 0.15) is 25.6 Å². The van der Waals surface area contributed by atoms with Crippen molar-refractivity contribution in [1.82, 2.24) is 0 Å². The Morgan fingerprint density at radius 2 is 1.86 bits per heavy atom. The van der Waals surface area contributed by atoms with E-state index in [-0.39, 0.29) is 12.2 Å². The number of fused-ring (bicyclic) bond motifs is 2. The molecule has 2 aromatic heterocycles. The van der Waals surface area contributed by atoms with Crippen molar-refractivity contribution in [3.05, 3.63) is 34.7 Å². The number of thiophene rings is 2. The third-order valence-electron chi connectivity index (χ3n) is 4.00. The number of esters is 1. The summed E-state index contributed by atoms with van der Waals surface area (Å²) in [5.41, 5.74) is -0.644. The molecular formula is C21H22N2O3S2. The molecule has 146 valence electrons. The van der Waals surface area contributed by atoms with Gasteiger partial charge in [0.2, 0.25) is 0 Å². The molecule has 3 aromatic rings. The van der Waals surface area contributed by atoms with Gasteiger partial charge < -0.3 is 14.7 Å². The van der Waals surface area contributed by atoms with Crippen molar-refractivity contribution in [1.29, 1.82) is 5.26 Å². The average molecular weight is 415 g/mol. The fourth-order valence-electron chi connectivity index (χ4n) is 2.71. The molecule has 0 saturated carbocycles. The maximum Gasteiger partial charge on any atom is 0.349 e. The first kappa shape index (κ1) is 20.3. The van der Waals surface area contributed by atoms with E-state index in [4.69, 9.17) is 9.84 Å². The highest BCUT2D eigenvalue weighted by Crippen LogP contribution is 2.37. The number of aliphatic hydroxyl groups is 1. The van der Waals surface area contributed by atoms with Crippen LogP contribution in [0, 0.1) is 11.3 Å². The number of hydrogen-bond acceptors (Lipinski definition) is 7. The van der Waals surface area contributed by atoms with E-state index < -0.39 is 11.6 Å². The average Bonchev–Trinajstić information content (AvgIpc) is 3.18. The normalized spacial score (nSPS) is 12.4. The van der Waals surface area contributed by atoms with Crippen LogP contribution in [0.3, 0.4) is 0 Å². The van der Waals surface area contributed by atoms with Crippen LogP contribution in [0.5, 0.6) is 0 Å². The van der Waals surface area contributed by atoms with E-state index in [1.807, 2.05) is 24.1 Å². The first-order chi connectivity index (χ1) is 13.2. The molecule has 0 bridgehead atoms. The van der Waals surface area contributed by atoms with Crippen molar-refractivity contribution in [2.45, 2.75) is 26.4 Å². The van der Waals surface area contributed by atoms with Crippen molar-refractivity contribution < 1.29 is 14.6 Å². The van der Waals surface area contributed by atoms with Gasteiger partial charge in [-0.25, -0.2) is 4.79 Å². The lowest BCUT2D eigenvalue weighted by atomic mass is 10.1. The fraction of sp³-hybridized carbons (Fsp3) is 0.333. The molecule has 3 rings (SSSR count). The zero-order valence-corrected chi connectivity index (χ0v) is 17.9. The van der Waals surface area contributed by atoms with Gasteiger partial charge in [-0.15, -0.1) is 22.7 Å². The molecule has 1 aromatic carbocycles. The molecular weight excluding hydrogens is 392 g/mol. The van der Waals surface area contributed by atoms with Crippen molar-refractivity contribution in [3.63, 3.8) is 0 Å². The van der Waals surface area contributed by atoms with E-state index in [1.54, 1.807) is 38.2 Å². The Morgan fingerprint density at radius 1 is 1.21 bits per heavy atom. The minimum absolute atomic E-state index is 0.00351. The van der Waals surface area contributed by atoms with Crippen LogP contribution in [-0.2, 0) is 9.53 Å². The molecule has 0 radical (unpaired) electrons. The molecule has 7 heteroatoms. The summed E-state index contributed by atoms with van der Waals surface area (Å²) in [5, 5.41) is 21.8. The lowest BCUT2D eigenvalue weighted by Gasteiger charge is -2.18. The number of nitrogens with zero attached hydrogens (tertiary/aromatic N) is 2. The monoisotopic (exact) mass is 414 g/mol. The van der Waals surface area contributed by atoms with Gasteiger partial charge in [0.1, 0.15) is 17.2 Å². The van der Waals surface area contributed by atoms with Crippen LogP contribution < -0.4 is 4.90 Å². The fourth-order valence-corrected chi connectivity index (χ4v) is 4.83. The highest BCUT2D eigenvalue weighted by atomic mass is 32.1. The number of likely N-dealkylation sites (N-methyl/N-ethyl adjacent to an activating group) is 1. The van der Waals surface area contributed by atoms with E-state index in [0.29, 0.717) is 6.54 Å². The van der Waals surface area contributed by atoms with Crippen molar-refractivity contribution >= 4 is 59.9 Å². The first-order valence-electron chi connectivity index (χ1n) is 8.84. The van der Waals surface area contributed by atoms with Crippen LogP contribution in [0.2, 0.25) is 0 Å². The Kier molecular flexibility index (Phi) is 5.75. The molecule has 0 spiro atoms. The number of carbonyl (C=O) groups excluding carboxylic acids is 1. The summed E-state index contributed by atoms with van der Waals surface area (Å²) < 4.78 is 7.55. The molecule has 1 N–H and O–H groups in total. The summed E-state index contributed by atoms with van der Waals surface area (Å²) in [5.74, 6) is -0.606.